The Morgan fingerprint density at radius 3 is 2.95 bits per heavy atom. The number of amides is 2. The lowest BCUT2D eigenvalue weighted by Gasteiger charge is -2.21. The quantitative estimate of drug-likeness (QED) is 0.733. The zero-order valence-electron chi connectivity index (χ0n) is 12.2. The molecule has 2 aromatic rings. The van der Waals surface area contributed by atoms with E-state index in [-0.39, 0.29) is 12.6 Å². The first-order chi connectivity index (χ1) is 9.97. The fourth-order valence-corrected chi connectivity index (χ4v) is 1.91. The number of aromatic nitrogens is 2. The predicted octanol–water partition coefficient (Wildman–Crippen LogP) is 0.762. The molecule has 1 atom stereocenters. The summed E-state index contributed by atoms with van der Waals surface area (Å²) in [4.78, 5) is 11.7. The van der Waals surface area contributed by atoms with E-state index < -0.39 is 5.60 Å². The molecule has 7 heteroatoms. The first-order valence-electron chi connectivity index (χ1n) is 6.73. The largest absolute Gasteiger partial charge is 0.466 e. The lowest BCUT2D eigenvalue weighted by molar-refractivity contribution is 0.0367. The van der Waals surface area contributed by atoms with Gasteiger partial charge in [-0.2, -0.15) is 5.10 Å². The van der Waals surface area contributed by atoms with Crippen LogP contribution in [-0.4, -0.2) is 34.0 Å². The smallest absolute Gasteiger partial charge is 0.314 e. The highest BCUT2D eigenvalue weighted by atomic mass is 16.4. The standard InChI is InChI=1S/C14H20N4O3/c1-14(20,12-4-3-7-21-12)10-16-13(19)15-6-5-11-8-17-18(2)9-11/h3-4,7-9,20H,5-6,10H2,1-2H3,(H2,15,16,19). The summed E-state index contributed by atoms with van der Waals surface area (Å²) in [5.74, 6) is 0.415. The van der Waals surface area contributed by atoms with Crippen LogP contribution in [0.25, 0.3) is 0 Å². The SMILES string of the molecule is Cn1cc(CCNC(=O)NCC(C)(O)c2ccco2)cn1. The van der Waals surface area contributed by atoms with Gasteiger partial charge >= 0.3 is 6.03 Å². The minimum atomic E-state index is -1.23. The fraction of sp³-hybridized carbons (Fsp3) is 0.429. The summed E-state index contributed by atoms with van der Waals surface area (Å²) in [5, 5.41) is 19.6. The molecule has 0 spiro atoms. The van der Waals surface area contributed by atoms with Crippen LogP contribution in [0.1, 0.15) is 18.2 Å². The van der Waals surface area contributed by atoms with Gasteiger partial charge in [-0.15, -0.1) is 0 Å². The number of nitrogens with one attached hydrogen (secondary N) is 2. The first kappa shape index (κ1) is 15.1. The summed E-state index contributed by atoms with van der Waals surface area (Å²) in [7, 11) is 1.85. The number of urea groups is 1. The van der Waals surface area contributed by atoms with E-state index in [9.17, 15) is 9.90 Å². The highest BCUT2D eigenvalue weighted by Gasteiger charge is 2.26. The van der Waals surface area contributed by atoms with Gasteiger partial charge in [-0.25, -0.2) is 4.79 Å². The van der Waals surface area contributed by atoms with Crippen molar-refractivity contribution in [2.75, 3.05) is 13.1 Å². The molecule has 21 heavy (non-hydrogen) atoms. The Morgan fingerprint density at radius 1 is 1.52 bits per heavy atom. The van der Waals surface area contributed by atoms with Crippen molar-refractivity contribution in [1.29, 1.82) is 0 Å². The Morgan fingerprint density at radius 2 is 2.33 bits per heavy atom. The zero-order chi connectivity index (χ0) is 15.3. The molecule has 2 amide bonds. The van der Waals surface area contributed by atoms with Crippen molar-refractivity contribution in [3.63, 3.8) is 0 Å². The van der Waals surface area contributed by atoms with Crippen molar-refractivity contribution >= 4 is 6.03 Å². The molecule has 0 saturated carbocycles. The highest BCUT2D eigenvalue weighted by Crippen LogP contribution is 2.19. The Hall–Kier alpha value is -2.28. The maximum absolute atomic E-state index is 11.7. The number of nitrogens with zero attached hydrogens (tertiary/aromatic N) is 2. The lowest BCUT2D eigenvalue weighted by Crippen LogP contribution is -2.43. The van der Waals surface area contributed by atoms with Gasteiger partial charge in [0.15, 0.2) is 0 Å². The van der Waals surface area contributed by atoms with Gasteiger partial charge in [0.1, 0.15) is 11.4 Å². The van der Waals surface area contributed by atoms with Crippen molar-refractivity contribution < 1.29 is 14.3 Å². The van der Waals surface area contributed by atoms with Gasteiger partial charge in [0.2, 0.25) is 0 Å². The minimum Gasteiger partial charge on any atom is -0.466 e. The average molecular weight is 292 g/mol. The van der Waals surface area contributed by atoms with Crippen molar-refractivity contribution in [3.05, 3.63) is 42.1 Å². The molecule has 0 aliphatic heterocycles. The summed E-state index contributed by atoms with van der Waals surface area (Å²) >= 11 is 0. The summed E-state index contributed by atoms with van der Waals surface area (Å²) in [6.07, 6.45) is 5.86. The van der Waals surface area contributed by atoms with Crippen LogP contribution in [0.4, 0.5) is 4.79 Å². The summed E-state index contributed by atoms with van der Waals surface area (Å²) < 4.78 is 6.86. The number of aliphatic hydroxyl groups is 1. The number of hydrogen-bond acceptors (Lipinski definition) is 4. The van der Waals surface area contributed by atoms with E-state index >= 15 is 0 Å². The molecule has 3 N–H and O–H groups in total. The average Bonchev–Trinajstić information content (AvgIpc) is 3.08. The van der Waals surface area contributed by atoms with E-state index in [1.54, 1.807) is 29.9 Å². The summed E-state index contributed by atoms with van der Waals surface area (Å²) in [6.45, 7) is 2.15. The third-order valence-corrected chi connectivity index (χ3v) is 3.10. The van der Waals surface area contributed by atoms with Gasteiger partial charge in [-0.3, -0.25) is 4.68 Å². The van der Waals surface area contributed by atoms with Crippen LogP contribution >= 0.6 is 0 Å². The molecule has 0 bridgehead atoms. The van der Waals surface area contributed by atoms with Gasteiger partial charge < -0.3 is 20.2 Å². The first-order valence-corrected chi connectivity index (χ1v) is 6.73. The van der Waals surface area contributed by atoms with Crippen molar-refractivity contribution in [3.8, 4) is 0 Å². The molecule has 0 aliphatic rings. The van der Waals surface area contributed by atoms with Crippen LogP contribution < -0.4 is 10.6 Å². The zero-order valence-corrected chi connectivity index (χ0v) is 12.2. The number of furan rings is 1. The number of hydrogen-bond donors (Lipinski definition) is 3. The lowest BCUT2D eigenvalue weighted by atomic mass is 10.0. The van der Waals surface area contributed by atoms with Crippen molar-refractivity contribution in [2.45, 2.75) is 18.9 Å². The van der Waals surface area contributed by atoms with Crippen LogP contribution in [0.2, 0.25) is 0 Å². The third-order valence-electron chi connectivity index (χ3n) is 3.10. The molecule has 114 valence electrons. The van der Waals surface area contributed by atoms with Gasteiger partial charge in [0.05, 0.1) is 19.0 Å². The van der Waals surface area contributed by atoms with Gasteiger partial charge in [-0.1, -0.05) is 0 Å². The molecule has 0 radical (unpaired) electrons. The molecular formula is C14H20N4O3. The number of carbonyl (C=O) groups is 1. The highest BCUT2D eigenvalue weighted by molar-refractivity contribution is 5.73. The summed E-state index contributed by atoms with van der Waals surface area (Å²) in [6, 6.07) is 3.03. The second-order valence-corrected chi connectivity index (χ2v) is 5.13. The van der Waals surface area contributed by atoms with Gasteiger partial charge in [-0.05, 0) is 31.0 Å². The normalized spacial score (nSPS) is 13.7. The predicted molar refractivity (Wildman–Crippen MR) is 76.6 cm³/mol. The number of aryl methyl sites for hydroxylation is 1. The van der Waals surface area contributed by atoms with E-state index in [0.29, 0.717) is 18.7 Å². The van der Waals surface area contributed by atoms with E-state index in [1.807, 2.05) is 13.2 Å². The Labute approximate surface area is 123 Å². The van der Waals surface area contributed by atoms with Gasteiger partial charge in [0.25, 0.3) is 0 Å². The molecule has 0 fully saturated rings. The Kier molecular flexibility index (Phi) is 4.64. The molecule has 0 saturated heterocycles. The molecule has 0 aliphatic carbocycles. The number of rotatable bonds is 6. The van der Waals surface area contributed by atoms with Crippen LogP contribution in [-0.2, 0) is 19.1 Å². The van der Waals surface area contributed by atoms with Crippen LogP contribution in [0.5, 0.6) is 0 Å². The molecular weight excluding hydrogens is 272 g/mol. The number of carbonyl (C=O) groups excluding carboxylic acids is 1. The monoisotopic (exact) mass is 292 g/mol. The van der Waals surface area contributed by atoms with Crippen LogP contribution in [0.15, 0.2) is 35.2 Å². The molecule has 2 aromatic heterocycles. The molecule has 7 nitrogen and oxygen atoms in total. The fourth-order valence-electron chi connectivity index (χ4n) is 1.91. The third kappa shape index (κ3) is 4.35. The van der Waals surface area contributed by atoms with E-state index in [2.05, 4.69) is 15.7 Å². The maximum atomic E-state index is 11.7. The second kappa shape index (κ2) is 6.45. The molecule has 2 rings (SSSR count). The topological polar surface area (TPSA) is 92.3 Å². The van der Waals surface area contributed by atoms with Crippen molar-refractivity contribution in [1.82, 2.24) is 20.4 Å². The Balaban J connectivity index is 1.70. The molecule has 0 aromatic carbocycles. The van der Waals surface area contributed by atoms with E-state index in [1.165, 1.54) is 6.26 Å². The molecule has 1 unspecified atom stereocenters. The maximum Gasteiger partial charge on any atom is 0.314 e. The van der Waals surface area contributed by atoms with E-state index in [0.717, 1.165) is 5.56 Å². The second-order valence-electron chi connectivity index (χ2n) is 5.13. The van der Waals surface area contributed by atoms with Crippen LogP contribution in [0.3, 0.4) is 0 Å². The summed E-state index contributed by atoms with van der Waals surface area (Å²) in [5.41, 5.74) is -0.176. The Bertz CT molecular complexity index is 575. The van der Waals surface area contributed by atoms with Crippen LogP contribution in [0, 0.1) is 0 Å². The van der Waals surface area contributed by atoms with Crippen molar-refractivity contribution in [2.24, 2.45) is 7.05 Å². The van der Waals surface area contributed by atoms with Gasteiger partial charge in [0, 0.05) is 19.8 Å². The minimum absolute atomic E-state index is 0.0687. The molecule has 2 heterocycles. The van der Waals surface area contributed by atoms with E-state index in [4.69, 9.17) is 4.42 Å².